The highest BCUT2D eigenvalue weighted by Gasteiger charge is 2.02. The quantitative estimate of drug-likeness (QED) is 0.777. The molecule has 1 N–H and O–H groups in total. The summed E-state index contributed by atoms with van der Waals surface area (Å²) in [6, 6.07) is 20.1. The summed E-state index contributed by atoms with van der Waals surface area (Å²) < 4.78 is 5.78. The van der Waals surface area contributed by atoms with Gasteiger partial charge in [0.25, 0.3) is 0 Å². The predicted octanol–water partition coefficient (Wildman–Crippen LogP) is 3.81. The zero-order valence-corrected chi connectivity index (χ0v) is 11.0. The van der Waals surface area contributed by atoms with Crippen LogP contribution in [0.1, 0.15) is 11.3 Å². The van der Waals surface area contributed by atoms with E-state index in [0.29, 0.717) is 13.0 Å². The van der Waals surface area contributed by atoms with Crippen molar-refractivity contribution in [1.82, 2.24) is 4.98 Å². The fraction of sp³-hybridized carbons (Fsp3) is 0.118. The first-order valence-electron chi connectivity index (χ1n) is 6.50. The molecule has 3 nitrogen and oxygen atoms in total. The third kappa shape index (κ3) is 2.65. The highest BCUT2D eigenvalue weighted by Crippen LogP contribution is 2.22. The van der Waals surface area contributed by atoms with Gasteiger partial charge in [-0.25, -0.2) is 0 Å². The van der Waals surface area contributed by atoms with Gasteiger partial charge in [-0.05, 0) is 29.1 Å². The van der Waals surface area contributed by atoms with Crippen LogP contribution in [0, 0.1) is 11.3 Å². The van der Waals surface area contributed by atoms with Gasteiger partial charge >= 0.3 is 0 Å². The maximum absolute atomic E-state index is 8.72. The predicted molar refractivity (Wildman–Crippen MR) is 78.4 cm³/mol. The lowest BCUT2D eigenvalue weighted by Gasteiger charge is -2.06. The van der Waals surface area contributed by atoms with Crippen molar-refractivity contribution in [2.75, 3.05) is 0 Å². The molecule has 0 unspecified atom stereocenters. The summed E-state index contributed by atoms with van der Waals surface area (Å²) in [6.45, 7) is 0.554. The first-order chi connectivity index (χ1) is 9.85. The van der Waals surface area contributed by atoms with Crippen molar-refractivity contribution in [3.8, 4) is 11.8 Å². The van der Waals surface area contributed by atoms with Crippen molar-refractivity contribution in [3.63, 3.8) is 0 Å². The lowest BCUT2D eigenvalue weighted by molar-refractivity contribution is 0.306. The minimum atomic E-state index is 0.398. The molecule has 2 aromatic carbocycles. The highest BCUT2D eigenvalue weighted by molar-refractivity contribution is 5.81. The van der Waals surface area contributed by atoms with E-state index < -0.39 is 0 Å². The van der Waals surface area contributed by atoms with E-state index in [1.165, 1.54) is 0 Å². The Bertz CT molecular complexity index is 754. The molecule has 20 heavy (non-hydrogen) atoms. The number of H-pyrrole nitrogens is 1. The third-order valence-electron chi connectivity index (χ3n) is 3.17. The minimum Gasteiger partial charge on any atom is -0.489 e. The van der Waals surface area contributed by atoms with Gasteiger partial charge in [0, 0.05) is 17.3 Å². The van der Waals surface area contributed by atoms with Crippen molar-refractivity contribution in [1.29, 1.82) is 5.26 Å². The largest absolute Gasteiger partial charge is 0.489 e. The van der Waals surface area contributed by atoms with Gasteiger partial charge in [0.1, 0.15) is 12.4 Å². The summed E-state index contributed by atoms with van der Waals surface area (Å²) >= 11 is 0. The number of ether oxygens (including phenoxy) is 1. The van der Waals surface area contributed by atoms with Crippen molar-refractivity contribution in [2.24, 2.45) is 0 Å². The minimum absolute atomic E-state index is 0.398. The molecule has 0 radical (unpaired) electrons. The molecule has 0 saturated heterocycles. The number of nitrogens with zero attached hydrogens (tertiary/aromatic N) is 1. The van der Waals surface area contributed by atoms with Crippen LogP contribution in [-0.4, -0.2) is 4.98 Å². The molecule has 0 saturated carbocycles. The number of benzene rings is 2. The lowest BCUT2D eigenvalue weighted by atomic mass is 10.2. The second-order valence-electron chi connectivity index (χ2n) is 4.65. The molecule has 3 heteroatoms. The van der Waals surface area contributed by atoms with E-state index in [0.717, 1.165) is 27.9 Å². The van der Waals surface area contributed by atoms with Crippen LogP contribution >= 0.6 is 0 Å². The topological polar surface area (TPSA) is 48.8 Å². The smallest absolute Gasteiger partial charge is 0.121 e. The molecule has 0 fully saturated rings. The van der Waals surface area contributed by atoms with Gasteiger partial charge in [-0.15, -0.1) is 0 Å². The average Bonchev–Trinajstić information content (AvgIpc) is 2.88. The first kappa shape index (κ1) is 12.3. The Labute approximate surface area is 117 Å². The second kappa shape index (κ2) is 5.50. The number of fused-ring (bicyclic) bond motifs is 1. The highest BCUT2D eigenvalue weighted by atomic mass is 16.5. The molecule has 0 aliphatic heterocycles. The normalized spacial score (nSPS) is 10.3. The van der Waals surface area contributed by atoms with Gasteiger partial charge in [-0.3, -0.25) is 0 Å². The van der Waals surface area contributed by atoms with E-state index in [9.17, 15) is 0 Å². The number of aromatic amines is 1. The molecule has 3 rings (SSSR count). The molecular formula is C17H14N2O. The van der Waals surface area contributed by atoms with Gasteiger partial charge in [-0.1, -0.05) is 30.3 Å². The van der Waals surface area contributed by atoms with Crippen LogP contribution in [0.2, 0.25) is 0 Å². The van der Waals surface area contributed by atoms with Gasteiger partial charge in [0.05, 0.1) is 12.5 Å². The van der Waals surface area contributed by atoms with Crippen LogP contribution in [-0.2, 0) is 13.0 Å². The van der Waals surface area contributed by atoms with Crippen LogP contribution in [0.4, 0.5) is 0 Å². The summed E-state index contributed by atoms with van der Waals surface area (Å²) in [5, 5.41) is 9.81. The average molecular weight is 262 g/mol. The Morgan fingerprint density at radius 1 is 1.05 bits per heavy atom. The second-order valence-corrected chi connectivity index (χ2v) is 4.65. The molecule has 3 aromatic rings. The standard InChI is InChI=1S/C17H14N2O/c18-9-8-15-10-14-6-7-16(11-17(14)19-15)20-12-13-4-2-1-3-5-13/h1-7,10-11,19H,8,12H2. The van der Waals surface area contributed by atoms with Gasteiger partial charge in [-0.2, -0.15) is 5.26 Å². The molecular weight excluding hydrogens is 248 g/mol. The molecule has 1 aromatic heterocycles. The van der Waals surface area contributed by atoms with Crippen LogP contribution in [0.15, 0.2) is 54.6 Å². The van der Waals surface area contributed by atoms with Crippen LogP contribution < -0.4 is 4.74 Å². The summed E-state index contributed by atoms with van der Waals surface area (Å²) in [5.41, 5.74) is 3.08. The van der Waals surface area contributed by atoms with E-state index in [2.05, 4.69) is 11.1 Å². The van der Waals surface area contributed by atoms with E-state index in [-0.39, 0.29) is 0 Å². The van der Waals surface area contributed by atoms with Crippen LogP contribution in [0.25, 0.3) is 10.9 Å². The summed E-state index contributed by atoms with van der Waals surface area (Å²) in [7, 11) is 0. The van der Waals surface area contributed by atoms with Crippen molar-refractivity contribution in [2.45, 2.75) is 13.0 Å². The zero-order valence-electron chi connectivity index (χ0n) is 11.0. The van der Waals surface area contributed by atoms with Gasteiger partial charge < -0.3 is 9.72 Å². The Morgan fingerprint density at radius 3 is 2.70 bits per heavy atom. The SMILES string of the molecule is N#CCc1cc2ccc(OCc3ccccc3)cc2[nH]1. The maximum Gasteiger partial charge on any atom is 0.121 e. The molecule has 0 spiro atoms. The molecule has 0 amide bonds. The van der Waals surface area contributed by atoms with Crippen molar-refractivity contribution in [3.05, 3.63) is 65.9 Å². The van der Waals surface area contributed by atoms with E-state index in [1.54, 1.807) is 0 Å². The molecule has 0 bridgehead atoms. The van der Waals surface area contributed by atoms with Crippen LogP contribution in [0.5, 0.6) is 5.75 Å². The molecule has 0 atom stereocenters. The lowest BCUT2D eigenvalue weighted by Crippen LogP contribution is -1.94. The Hall–Kier alpha value is -2.73. The maximum atomic E-state index is 8.72. The molecule has 0 aliphatic carbocycles. The summed E-state index contributed by atoms with van der Waals surface area (Å²) in [6.07, 6.45) is 0.398. The number of hydrogen-bond donors (Lipinski definition) is 1. The first-order valence-corrected chi connectivity index (χ1v) is 6.50. The van der Waals surface area contributed by atoms with E-state index >= 15 is 0 Å². The van der Waals surface area contributed by atoms with Crippen molar-refractivity contribution < 1.29 is 4.74 Å². The number of rotatable bonds is 4. The third-order valence-corrected chi connectivity index (χ3v) is 3.17. The number of hydrogen-bond acceptors (Lipinski definition) is 2. The number of aromatic nitrogens is 1. The molecule has 98 valence electrons. The summed E-state index contributed by atoms with van der Waals surface area (Å²) in [4.78, 5) is 3.23. The molecule has 0 aliphatic rings. The molecule has 1 heterocycles. The number of nitriles is 1. The fourth-order valence-electron chi connectivity index (χ4n) is 2.18. The Kier molecular flexibility index (Phi) is 3.38. The van der Waals surface area contributed by atoms with E-state index in [4.69, 9.17) is 10.00 Å². The monoisotopic (exact) mass is 262 g/mol. The van der Waals surface area contributed by atoms with E-state index in [1.807, 2.05) is 54.6 Å². The van der Waals surface area contributed by atoms with Gasteiger partial charge in [0.2, 0.25) is 0 Å². The Balaban J connectivity index is 1.77. The number of nitrogens with one attached hydrogen (secondary N) is 1. The zero-order chi connectivity index (χ0) is 13.8. The van der Waals surface area contributed by atoms with Crippen LogP contribution in [0.3, 0.4) is 0 Å². The van der Waals surface area contributed by atoms with Gasteiger partial charge in [0.15, 0.2) is 0 Å². The Morgan fingerprint density at radius 2 is 1.90 bits per heavy atom. The fourth-order valence-corrected chi connectivity index (χ4v) is 2.18. The summed E-state index contributed by atoms with van der Waals surface area (Å²) in [5.74, 6) is 0.826. The van der Waals surface area contributed by atoms with Crippen molar-refractivity contribution >= 4 is 10.9 Å².